The van der Waals surface area contributed by atoms with E-state index in [1.807, 2.05) is 51.1 Å². The van der Waals surface area contributed by atoms with E-state index < -0.39 is 10.8 Å². The molecule has 6 nitrogen and oxygen atoms in total. The van der Waals surface area contributed by atoms with Gasteiger partial charge in [-0.05, 0) is 42.8 Å². The van der Waals surface area contributed by atoms with Gasteiger partial charge >= 0.3 is 0 Å². The maximum absolute atomic E-state index is 12.7. The van der Waals surface area contributed by atoms with E-state index in [2.05, 4.69) is 4.98 Å². The van der Waals surface area contributed by atoms with Gasteiger partial charge in [0.15, 0.2) is 5.82 Å². The fraction of sp³-hybridized carbons (Fsp3) is 0.381. The van der Waals surface area contributed by atoms with E-state index in [0.29, 0.717) is 24.7 Å². The fourth-order valence-electron chi connectivity index (χ4n) is 3.45. The van der Waals surface area contributed by atoms with E-state index in [0.717, 1.165) is 38.5 Å². The Morgan fingerprint density at radius 1 is 1.25 bits per heavy atom. The molecule has 3 heterocycles. The highest BCUT2D eigenvalue weighted by Crippen LogP contribution is 2.40. The van der Waals surface area contributed by atoms with Gasteiger partial charge in [0.25, 0.3) is 0 Å². The van der Waals surface area contributed by atoms with Crippen molar-refractivity contribution in [2.75, 3.05) is 13.2 Å². The first-order chi connectivity index (χ1) is 13.5. The molecular formula is C21H24N2O4S. The van der Waals surface area contributed by atoms with Crippen molar-refractivity contribution < 1.29 is 18.9 Å². The van der Waals surface area contributed by atoms with Gasteiger partial charge < -0.3 is 14.7 Å². The maximum Gasteiger partial charge on any atom is 0.176 e. The molecule has 1 aromatic rings. The van der Waals surface area contributed by atoms with Crippen LogP contribution < -0.4 is 4.74 Å². The molecule has 1 N–H and O–H groups in total. The number of rotatable bonds is 5. The van der Waals surface area contributed by atoms with Crippen molar-refractivity contribution in [2.24, 2.45) is 0 Å². The molecule has 7 heteroatoms. The largest absolute Gasteiger partial charge is 0.487 e. The standard InChI is InChI=1S/C21H24N2O4S/c1-13(2)28(25)16-4-5-20(27-15-7-9-26-12-15)19(11-16)18-10-14(3)23(24)21-17(18)6-8-22-21/h4-6,8,10-11,13,15,24H,7,9,12H2,1-3H3. The van der Waals surface area contributed by atoms with Crippen LogP contribution in [0.5, 0.6) is 5.75 Å². The van der Waals surface area contributed by atoms with Crippen LogP contribution in [0.1, 0.15) is 26.0 Å². The van der Waals surface area contributed by atoms with Gasteiger partial charge in [0, 0.05) is 33.9 Å². The first kappa shape index (κ1) is 19.0. The molecule has 0 saturated carbocycles. The van der Waals surface area contributed by atoms with Gasteiger partial charge in [-0.1, -0.05) is 13.8 Å². The number of aryl methyl sites for hydroxylation is 1. The summed E-state index contributed by atoms with van der Waals surface area (Å²) in [4.78, 5) is 5.03. The minimum absolute atomic E-state index is 0.000983. The molecular weight excluding hydrogens is 376 g/mol. The van der Waals surface area contributed by atoms with Gasteiger partial charge in [0.1, 0.15) is 11.9 Å². The summed E-state index contributed by atoms with van der Waals surface area (Å²) in [6.45, 7) is 6.96. The van der Waals surface area contributed by atoms with E-state index in [4.69, 9.17) is 9.47 Å². The average molecular weight is 401 g/mol. The van der Waals surface area contributed by atoms with Crippen LogP contribution in [0.15, 0.2) is 41.4 Å². The first-order valence-corrected chi connectivity index (χ1v) is 10.6. The van der Waals surface area contributed by atoms with Gasteiger partial charge in [0.05, 0.1) is 29.7 Å². The summed E-state index contributed by atoms with van der Waals surface area (Å²) < 4.78 is 25.5. The van der Waals surface area contributed by atoms with Gasteiger partial charge in [0.2, 0.25) is 0 Å². The van der Waals surface area contributed by atoms with Crippen molar-refractivity contribution in [3.63, 3.8) is 0 Å². The van der Waals surface area contributed by atoms with E-state index >= 15 is 0 Å². The lowest BCUT2D eigenvalue weighted by Crippen LogP contribution is -2.16. The van der Waals surface area contributed by atoms with Crippen molar-refractivity contribution >= 4 is 10.8 Å². The molecule has 1 fully saturated rings. The zero-order valence-corrected chi connectivity index (χ0v) is 17.0. The molecule has 0 bridgehead atoms. The molecule has 4 rings (SSSR count). The summed E-state index contributed by atoms with van der Waals surface area (Å²) in [5.41, 5.74) is 3.21. The summed E-state index contributed by atoms with van der Waals surface area (Å²) in [6, 6.07) is 9.46. The molecule has 3 aliphatic heterocycles. The third kappa shape index (κ3) is 3.40. The number of ether oxygens (including phenoxy) is 2. The Morgan fingerprint density at radius 3 is 2.79 bits per heavy atom. The molecule has 2 unspecified atom stereocenters. The maximum atomic E-state index is 12.7. The number of nitrogens with zero attached hydrogens (tertiary/aromatic N) is 2. The van der Waals surface area contributed by atoms with Crippen molar-refractivity contribution in [1.29, 1.82) is 0 Å². The molecule has 28 heavy (non-hydrogen) atoms. The molecule has 0 spiro atoms. The molecule has 0 amide bonds. The van der Waals surface area contributed by atoms with Crippen molar-refractivity contribution in [2.45, 2.75) is 43.4 Å². The van der Waals surface area contributed by atoms with Gasteiger partial charge in [-0.15, -0.1) is 0 Å². The van der Waals surface area contributed by atoms with Gasteiger partial charge in [-0.25, -0.2) is 4.98 Å². The molecule has 0 radical (unpaired) electrons. The van der Waals surface area contributed by atoms with Crippen LogP contribution >= 0.6 is 0 Å². The molecule has 3 aliphatic rings. The third-order valence-electron chi connectivity index (χ3n) is 4.94. The number of hydrogen-bond donors (Lipinski definition) is 1. The lowest BCUT2D eigenvalue weighted by molar-refractivity contribution is 0.141. The monoisotopic (exact) mass is 400 g/mol. The van der Waals surface area contributed by atoms with Crippen LogP contribution in [0, 0.1) is 6.92 Å². The van der Waals surface area contributed by atoms with E-state index in [9.17, 15) is 9.42 Å². The van der Waals surface area contributed by atoms with Crippen LogP contribution in [-0.4, -0.2) is 43.7 Å². The zero-order chi connectivity index (χ0) is 19.8. The minimum Gasteiger partial charge on any atom is -0.487 e. The number of pyridine rings is 1. The molecule has 1 saturated heterocycles. The van der Waals surface area contributed by atoms with Crippen molar-refractivity contribution in [3.8, 4) is 28.3 Å². The van der Waals surface area contributed by atoms with Crippen LogP contribution in [0.2, 0.25) is 0 Å². The van der Waals surface area contributed by atoms with Crippen LogP contribution in [0.3, 0.4) is 0 Å². The first-order valence-electron chi connectivity index (χ1n) is 9.41. The van der Waals surface area contributed by atoms with E-state index in [1.165, 1.54) is 0 Å². The summed E-state index contributed by atoms with van der Waals surface area (Å²) in [5.74, 6) is 1.21. The Bertz CT molecular complexity index is 992. The predicted octanol–water partition coefficient (Wildman–Crippen LogP) is 3.88. The second kappa shape index (κ2) is 7.56. The second-order valence-corrected chi connectivity index (χ2v) is 9.31. The number of hydrogen-bond acceptors (Lipinski definition) is 5. The van der Waals surface area contributed by atoms with Crippen LogP contribution in [0.4, 0.5) is 0 Å². The molecule has 2 atom stereocenters. The Labute approximate surface area is 166 Å². The summed E-state index contributed by atoms with van der Waals surface area (Å²) in [5, 5.41) is 10.3. The number of aromatic nitrogens is 2. The van der Waals surface area contributed by atoms with Crippen molar-refractivity contribution in [3.05, 3.63) is 42.2 Å². The van der Waals surface area contributed by atoms with E-state index in [-0.39, 0.29) is 11.4 Å². The molecule has 0 aromatic heterocycles. The quantitative estimate of drug-likeness (QED) is 0.658. The predicted molar refractivity (Wildman–Crippen MR) is 108 cm³/mol. The van der Waals surface area contributed by atoms with Crippen LogP contribution in [0.25, 0.3) is 22.5 Å². The van der Waals surface area contributed by atoms with Crippen LogP contribution in [-0.2, 0) is 15.5 Å². The van der Waals surface area contributed by atoms with Gasteiger partial charge in [-0.3, -0.25) is 4.21 Å². The summed E-state index contributed by atoms with van der Waals surface area (Å²) in [7, 11) is -1.12. The third-order valence-corrected chi connectivity index (χ3v) is 6.52. The van der Waals surface area contributed by atoms with Gasteiger partial charge in [-0.2, -0.15) is 4.73 Å². The zero-order valence-electron chi connectivity index (χ0n) is 16.2. The highest BCUT2D eigenvalue weighted by molar-refractivity contribution is 7.85. The highest BCUT2D eigenvalue weighted by atomic mass is 32.2. The summed E-state index contributed by atoms with van der Waals surface area (Å²) >= 11 is 0. The second-order valence-electron chi connectivity index (χ2n) is 7.30. The molecule has 1 aromatic carbocycles. The fourth-order valence-corrected chi connectivity index (χ4v) is 4.43. The molecule has 148 valence electrons. The normalized spacial score (nSPS) is 18.1. The SMILES string of the molecule is Cc1cc(-c2cc(S(=O)C(C)C)ccc2OC2CCOC2)c2ccnc-2n1O. The lowest BCUT2D eigenvalue weighted by Gasteiger charge is -2.20. The Hall–Kier alpha value is -2.38. The lowest BCUT2D eigenvalue weighted by atomic mass is 9.98. The highest BCUT2D eigenvalue weighted by Gasteiger charge is 2.24. The molecule has 0 aliphatic carbocycles. The number of fused-ring (bicyclic) bond motifs is 1. The Kier molecular flexibility index (Phi) is 5.12. The van der Waals surface area contributed by atoms with Crippen molar-refractivity contribution in [1.82, 2.24) is 9.71 Å². The Balaban J connectivity index is 1.88. The summed E-state index contributed by atoms with van der Waals surface area (Å²) in [6.07, 6.45) is 2.51. The number of benzene rings is 1. The van der Waals surface area contributed by atoms with E-state index in [1.54, 1.807) is 6.20 Å². The average Bonchev–Trinajstić information content (AvgIpc) is 3.36. The topological polar surface area (TPSA) is 73.6 Å². The minimum atomic E-state index is -1.12. The Morgan fingerprint density at radius 2 is 2.07 bits per heavy atom. The smallest absolute Gasteiger partial charge is 0.176 e.